The van der Waals surface area contributed by atoms with Crippen LogP contribution in [-0.2, 0) is 14.8 Å². The van der Waals surface area contributed by atoms with Gasteiger partial charge in [-0.15, -0.1) is 0 Å². The van der Waals surface area contributed by atoms with Crippen LogP contribution in [0.4, 0.5) is 5.69 Å². The molecule has 0 bridgehead atoms. The molecule has 0 heterocycles. The highest BCUT2D eigenvalue weighted by Gasteiger charge is 2.28. The van der Waals surface area contributed by atoms with Gasteiger partial charge in [-0.1, -0.05) is 29.8 Å². The Hall–Kier alpha value is -2.25. The summed E-state index contributed by atoms with van der Waals surface area (Å²) in [5.41, 5.74) is 0.190. The number of carboxylic acids is 1. The molecule has 0 saturated carbocycles. The highest BCUT2D eigenvalue weighted by Crippen LogP contribution is 2.34. The normalized spacial score (nSPS) is 11.1. The standard InChI is InChI=1S/C16H16ClNO5S/c1-23-15-8-7-12(17)11-14(15)18(10-9-16(19)20)24(21,22)13-5-3-2-4-6-13/h2-8,11H,9-10H2,1H3,(H,19,20). The third-order valence-corrected chi connectivity index (χ3v) is 5.33. The number of hydrogen-bond acceptors (Lipinski definition) is 4. The molecule has 0 unspecified atom stereocenters. The van der Waals surface area contributed by atoms with Crippen LogP contribution in [-0.4, -0.2) is 33.1 Å². The Morgan fingerprint density at radius 3 is 2.46 bits per heavy atom. The van der Waals surface area contributed by atoms with E-state index >= 15 is 0 Å². The molecule has 0 amide bonds. The van der Waals surface area contributed by atoms with Gasteiger partial charge in [-0.2, -0.15) is 0 Å². The molecule has 0 aliphatic rings. The minimum atomic E-state index is -3.97. The Balaban J connectivity index is 2.57. The third-order valence-electron chi connectivity index (χ3n) is 3.27. The predicted molar refractivity (Wildman–Crippen MR) is 91.2 cm³/mol. The van der Waals surface area contributed by atoms with Gasteiger partial charge in [0, 0.05) is 11.6 Å². The van der Waals surface area contributed by atoms with E-state index in [9.17, 15) is 13.2 Å². The summed E-state index contributed by atoms with van der Waals surface area (Å²) in [6.45, 7) is -0.247. The van der Waals surface area contributed by atoms with Crippen molar-refractivity contribution in [1.82, 2.24) is 0 Å². The summed E-state index contributed by atoms with van der Waals surface area (Å²) in [7, 11) is -2.57. The number of ether oxygens (including phenoxy) is 1. The summed E-state index contributed by atoms with van der Waals surface area (Å²) >= 11 is 5.98. The van der Waals surface area contributed by atoms with Gasteiger partial charge in [-0.05, 0) is 30.3 Å². The molecule has 1 N–H and O–H groups in total. The number of anilines is 1. The first-order chi connectivity index (χ1) is 11.4. The van der Waals surface area contributed by atoms with Crippen molar-refractivity contribution in [3.63, 3.8) is 0 Å². The van der Waals surface area contributed by atoms with Crippen LogP contribution < -0.4 is 9.04 Å². The van der Waals surface area contributed by atoms with Crippen molar-refractivity contribution >= 4 is 33.3 Å². The fourth-order valence-electron chi connectivity index (χ4n) is 2.15. The number of carboxylic acid groups (broad SMARTS) is 1. The van der Waals surface area contributed by atoms with Crippen molar-refractivity contribution in [1.29, 1.82) is 0 Å². The fraction of sp³-hybridized carbons (Fsp3) is 0.188. The molecule has 0 aliphatic heterocycles. The van der Waals surface area contributed by atoms with Crippen molar-refractivity contribution in [2.24, 2.45) is 0 Å². The molecule has 2 aromatic carbocycles. The molecule has 0 fully saturated rings. The van der Waals surface area contributed by atoms with Crippen molar-refractivity contribution in [2.75, 3.05) is 18.0 Å². The summed E-state index contributed by atoms with van der Waals surface area (Å²) in [5.74, 6) is -0.825. The summed E-state index contributed by atoms with van der Waals surface area (Å²) in [6.07, 6.45) is -0.359. The lowest BCUT2D eigenvalue weighted by molar-refractivity contribution is -0.136. The average molecular weight is 370 g/mol. The Kier molecular flexibility index (Phi) is 5.69. The molecule has 2 aromatic rings. The summed E-state index contributed by atoms with van der Waals surface area (Å²) in [4.78, 5) is 11.0. The minimum absolute atomic E-state index is 0.0532. The third kappa shape index (κ3) is 3.98. The van der Waals surface area contributed by atoms with E-state index in [4.69, 9.17) is 21.4 Å². The van der Waals surface area contributed by atoms with E-state index < -0.39 is 16.0 Å². The molecular formula is C16H16ClNO5S. The van der Waals surface area contributed by atoms with Crippen molar-refractivity contribution in [2.45, 2.75) is 11.3 Å². The first-order valence-electron chi connectivity index (χ1n) is 6.99. The van der Waals surface area contributed by atoms with Crippen LogP contribution in [0.2, 0.25) is 5.02 Å². The molecule has 2 rings (SSSR count). The zero-order valence-corrected chi connectivity index (χ0v) is 14.4. The molecule has 128 valence electrons. The molecule has 0 aromatic heterocycles. The average Bonchev–Trinajstić information content (AvgIpc) is 2.55. The zero-order valence-electron chi connectivity index (χ0n) is 12.8. The van der Waals surface area contributed by atoms with E-state index in [0.717, 1.165) is 4.31 Å². The van der Waals surface area contributed by atoms with E-state index in [1.54, 1.807) is 24.3 Å². The number of aliphatic carboxylic acids is 1. The Morgan fingerprint density at radius 2 is 1.88 bits per heavy atom. The van der Waals surface area contributed by atoms with Crippen LogP contribution in [0.1, 0.15) is 6.42 Å². The van der Waals surface area contributed by atoms with Gasteiger partial charge in [-0.25, -0.2) is 8.42 Å². The first kappa shape index (κ1) is 18.1. The van der Waals surface area contributed by atoms with Gasteiger partial charge in [0.25, 0.3) is 10.0 Å². The van der Waals surface area contributed by atoms with Gasteiger partial charge in [0.2, 0.25) is 0 Å². The second-order valence-corrected chi connectivity index (χ2v) is 7.15. The molecule has 0 spiro atoms. The summed E-state index contributed by atoms with van der Waals surface area (Å²) in [6, 6.07) is 12.3. The maximum absolute atomic E-state index is 13.0. The molecule has 0 radical (unpaired) electrons. The van der Waals surface area contributed by atoms with Crippen LogP contribution in [0.3, 0.4) is 0 Å². The van der Waals surface area contributed by atoms with Crippen molar-refractivity contribution < 1.29 is 23.1 Å². The number of carbonyl (C=O) groups is 1. The van der Waals surface area contributed by atoms with E-state index in [1.165, 1.54) is 31.4 Å². The van der Waals surface area contributed by atoms with Gasteiger partial charge in [0.05, 0.1) is 24.1 Å². The molecule has 6 nitrogen and oxygen atoms in total. The van der Waals surface area contributed by atoms with E-state index in [2.05, 4.69) is 0 Å². The molecule has 0 atom stereocenters. The lowest BCUT2D eigenvalue weighted by atomic mass is 10.3. The largest absolute Gasteiger partial charge is 0.495 e. The molecule has 24 heavy (non-hydrogen) atoms. The summed E-state index contributed by atoms with van der Waals surface area (Å²) < 4.78 is 32.1. The number of benzene rings is 2. The maximum Gasteiger partial charge on any atom is 0.305 e. The van der Waals surface area contributed by atoms with Gasteiger partial charge in [0.1, 0.15) is 5.75 Å². The van der Waals surface area contributed by atoms with E-state index in [1.807, 2.05) is 0 Å². The monoisotopic (exact) mass is 369 g/mol. The Bertz CT molecular complexity index is 824. The maximum atomic E-state index is 13.0. The van der Waals surface area contributed by atoms with Gasteiger partial charge in [-0.3, -0.25) is 9.10 Å². The second-order valence-electron chi connectivity index (χ2n) is 4.85. The van der Waals surface area contributed by atoms with Gasteiger partial charge >= 0.3 is 5.97 Å². The number of rotatable bonds is 7. The molecule has 0 aliphatic carbocycles. The van der Waals surface area contributed by atoms with Gasteiger partial charge < -0.3 is 9.84 Å². The van der Waals surface area contributed by atoms with Crippen molar-refractivity contribution in [3.05, 3.63) is 53.6 Å². The smallest absolute Gasteiger partial charge is 0.305 e. The van der Waals surface area contributed by atoms with Gasteiger partial charge in [0.15, 0.2) is 0 Å². The number of methoxy groups -OCH3 is 1. The van der Waals surface area contributed by atoms with Crippen LogP contribution in [0, 0.1) is 0 Å². The topological polar surface area (TPSA) is 83.9 Å². The Labute approximate surface area is 145 Å². The number of hydrogen-bond donors (Lipinski definition) is 1. The van der Waals surface area contributed by atoms with E-state index in [0.29, 0.717) is 5.02 Å². The molecule has 0 saturated heterocycles. The number of nitrogens with zero attached hydrogens (tertiary/aromatic N) is 1. The Morgan fingerprint density at radius 1 is 1.21 bits per heavy atom. The summed E-state index contributed by atoms with van der Waals surface area (Å²) in [5, 5.41) is 9.26. The molecular weight excluding hydrogens is 354 g/mol. The second kappa shape index (κ2) is 7.55. The molecule has 8 heteroatoms. The SMILES string of the molecule is COc1ccc(Cl)cc1N(CCC(=O)O)S(=O)(=O)c1ccccc1. The number of sulfonamides is 1. The predicted octanol–water partition coefficient (Wildman–Crippen LogP) is 3.02. The highest BCUT2D eigenvalue weighted by molar-refractivity contribution is 7.92. The van der Waals surface area contributed by atoms with Crippen molar-refractivity contribution in [3.8, 4) is 5.75 Å². The van der Waals surface area contributed by atoms with Crippen LogP contribution in [0.15, 0.2) is 53.4 Å². The number of halogens is 1. The fourth-order valence-corrected chi connectivity index (χ4v) is 3.80. The lowest BCUT2D eigenvalue weighted by Crippen LogP contribution is -2.33. The van der Waals surface area contributed by atoms with Crippen LogP contribution >= 0.6 is 11.6 Å². The van der Waals surface area contributed by atoms with Crippen LogP contribution in [0.25, 0.3) is 0 Å². The van der Waals surface area contributed by atoms with Crippen LogP contribution in [0.5, 0.6) is 5.75 Å². The highest BCUT2D eigenvalue weighted by atomic mass is 35.5. The zero-order chi connectivity index (χ0) is 17.7. The lowest BCUT2D eigenvalue weighted by Gasteiger charge is -2.25. The first-order valence-corrected chi connectivity index (χ1v) is 8.81. The quantitative estimate of drug-likeness (QED) is 0.811. The minimum Gasteiger partial charge on any atom is -0.495 e. The van der Waals surface area contributed by atoms with E-state index in [-0.39, 0.29) is 29.3 Å².